The first-order valence-corrected chi connectivity index (χ1v) is 6.25. The van der Waals surface area contributed by atoms with Gasteiger partial charge in [-0.3, -0.25) is 9.59 Å². The zero-order valence-corrected chi connectivity index (χ0v) is 11.0. The SMILES string of the molecule is Cc1cc(O)ccc1C(=O)N1CCC(C(=O)O)C1C. The van der Waals surface area contributed by atoms with Crippen molar-refractivity contribution in [2.75, 3.05) is 6.54 Å². The lowest BCUT2D eigenvalue weighted by molar-refractivity contribution is -0.142. The number of aliphatic carboxylic acids is 1. The molecule has 1 fully saturated rings. The molecule has 2 unspecified atom stereocenters. The van der Waals surface area contributed by atoms with E-state index in [1.54, 1.807) is 24.8 Å². The van der Waals surface area contributed by atoms with E-state index in [2.05, 4.69) is 0 Å². The third-order valence-corrected chi connectivity index (χ3v) is 3.77. The molecule has 1 saturated heterocycles. The van der Waals surface area contributed by atoms with Crippen molar-refractivity contribution in [2.45, 2.75) is 26.3 Å². The van der Waals surface area contributed by atoms with Crippen molar-refractivity contribution in [1.82, 2.24) is 4.90 Å². The van der Waals surface area contributed by atoms with Crippen LogP contribution in [0, 0.1) is 12.8 Å². The number of nitrogens with zero attached hydrogens (tertiary/aromatic N) is 1. The van der Waals surface area contributed by atoms with Crippen molar-refractivity contribution in [3.63, 3.8) is 0 Å². The molecule has 1 aliphatic heterocycles. The van der Waals surface area contributed by atoms with Crippen molar-refractivity contribution in [2.24, 2.45) is 5.92 Å². The second kappa shape index (κ2) is 4.91. The van der Waals surface area contributed by atoms with Crippen LogP contribution in [0.2, 0.25) is 0 Å². The fourth-order valence-corrected chi connectivity index (χ4v) is 2.60. The fraction of sp³-hybridized carbons (Fsp3) is 0.429. The van der Waals surface area contributed by atoms with Gasteiger partial charge < -0.3 is 15.1 Å². The van der Waals surface area contributed by atoms with E-state index >= 15 is 0 Å². The maximum Gasteiger partial charge on any atom is 0.308 e. The Labute approximate surface area is 111 Å². The number of carboxylic acids is 1. The molecule has 0 saturated carbocycles. The first kappa shape index (κ1) is 13.4. The van der Waals surface area contributed by atoms with Gasteiger partial charge in [0.15, 0.2) is 0 Å². The minimum Gasteiger partial charge on any atom is -0.508 e. The lowest BCUT2D eigenvalue weighted by Gasteiger charge is -2.24. The number of hydrogen-bond donors (Lipinski definition) is 2. The monoisotopic (exact) mass is 263 g/mol. The summed E-state index contributed by atoms with van der Waals surface area (Å²) in [6.45, 7) is 3.97. The van der Waals surface area contributed by atoms with Crippen molar-refractivity contribution in [1.29, 1.82) is 0 Å². The lowest BCUT2D eigenvalue weighted by Crippen LogP contribution is -2.37. The third kappa shape index (κ3) is 2.41. The van der Waals surface area contributed by atoms with Crippen LogP contribution in [0.3, 0.4) is 0 Å². The second-order valence-electron chi connectivity index (χ2n) is 4.97. The van der Waals surface area contributed by atoms with Crippen LogP contribution in [0.15, 0.2) is 18.2 Å². The summed E-state index contributed by atoms with van der Waals surface area (Å²) in [6.07, 6.45) is 0.485. The maximum absolute atomic E-state index is 12.4. The molecule has 1 aliphatic rings. The third-order valence-electron chi connectivity index (χ3n) is 3.77. The largest absolute Gasteiger partial charge is 0.508 e. The molecule has 5 heteroatoms. The summed E-state index contributed by atoms with van der Waals surface area (Å²) in [4.78, 5) is 25.1. The van der Waals surface area contributed by atoms with E-state index in [9.17, 15) is 14.7 Å². The molecule has 1 aromatic rings. The number of hydrogen-bond acceptors (Lipinski definition) is 3. The minimum atomic E-state index is -0.856. The number of amides is 1. The van der Waals surface area contributed by atoms with E-state index in [-0.39, 0.29) is 17.7 Å². The number of benzene rings is 1. The highest BCUT2D eigenvalue weighted by Gasteiger charge is 2.38. The Balaban J connectivity index is 2.23. The summed E-state index contributed by atoms with van der Waals surface area (Å²) in [5.41, 5.74) is 1.20. The molecule has 1 heterocycles. The first-order valence-electron chi connectivity index (χ1n) is 6.25. The minimum absolute atomic E-state index is 0.118. The second-order valence-corrected chi connectivity index (χ2v) is 4.97. The molecule has 5 nitrogen and oxygen atoms in total. The number of carbonyl (C=O) groups is 2. The molecular weight excluding hydrogens is 246 g/mol. The Morgan fingerprint density at radius 3 is 2.58 bits per heavy atom. The molecule has 0 spiro atoms. The number of rotatable bonds is 2. The van der Waals surface area contributed by atoms with Gasteiger partial charge in [-0.2, -0.15) is 0 Å². The highest BCUT2D eigenvalue weighted by Crippen LogP contribution is 2.27. The van der Waals surface area contributed by atoms with Gasteiger partial charge in [-0.25, -0.2) is 0 Å². The summed E-state index contributed by atoms with van der Waals surface area (Å²) in [5, 5.41) is 18.4. The first-order chi connectivity index (χ1) is 8.91. The van der Waals surface area contributed by atoms with Crippen LogP contribution in [-0.4, -0.2) is 39.6 Å². The quantitative estimate of drug-likeness (QED) is 0.850. The van der Waals surface area contributed by atoms with Gasteiger partial charge in [-0.15, -0.1) is 0 Å². The lowest BCUT2D eigenvalue weighted by atomic mass is 10.0. The van der Waals surface area contributed by atoms with Crippen LogP contribution in [0.5, 0.6) is 5.75 Å². The number of likely N-dealkylation sites (tertiary alicyclic amines) is 1. The maximum atomic E-state index is 12.4. The molecule has 0 aromatic heterocycles. The van der Waals surface area contributed by atoms with Crippen LogP contribution in [0.1, 0.15) is 29.3 Å². The molecule has 2 N–H and O–H groups in total. The van der Waals surface area contributed by atoms with Crippen LogP contribution < -0.4 is 0 Å². The summed E-state index contributed by atoms with van der Waals surface area (Å²) in [5.74, 6) is -1.41. The average molecular weight is 263 g/mol. The van der Waals surface area contributed by atoms with Gasteiger partial charge in [0.05, 0.1) is 5.92 Å². The Morgan fingerprint density at radius 2 is 2.05 bits per heavy atom. The van der Waals surface area contributed by atoms with Crippen molar-refractivity contribution >= 4 is 11.9 Å². The number of aryl methyl sites for hydroxylation is 1. The zero-order chi connectivity index (χ0) is 14.2. The summed E-state index contributed by atoms with van der Waals surface area (Å²) in [7, 11) is 0. The average Bonchev–Trinajstić information content (AvgIpc) is 2.70. The van der Waals surface area contributed by atoms with Gasteiger partial charge in [0.1, 0.15) is 5.75 Å². The molecule has 102 valence electrons. The Hall–Kier alpha value is -2.04. The molecule has 2 rings (SSSR count). The van der Waals surface area contributed by atoms with Crippen molar-refractivity contribution in [3.8, 4) is 5.75 Å². The number of phenolic OH excluding ortho intramolecular Hbond substituents is 1. The molecule has 1 amide bonds. The topological polar surface area (TPSA) is 77.8 Å². The number of carboxylic acid groups (broad SMARTS) is 1. The smallest absolute Gasteiger partial charge is 0.308 e. The van der Waals surface area contributed by atoms with E-state index in [1.165, 1.54) is 12.1 Å². The molecule has 1 aromatic carbocycles. The highest BCUT2D eigenvalue weighted by atomic mass is 16.4. The number of carbonyl (C=O) groups excluding carboxylic acids is 1. The van der Waals surface area contributed by atoms with Gasteiger partial charge in [0.2, 0.25) is 0 Å². The van der Waals surface area contributed by atoms with E-state index in [0.717, 1.165) is 0 Å². The predicted molar refractivity (Wildman–Crippen MR) is 69.1 cm³/mol. The summed E-state index contributed by atoms with van der Waals surface area (Å²) in [6, 6.07) is 4.27. The Bertz CT molecular complexity index is 526. The van der Waals surface area contributed by atoms with Crippen LogP contribution in [-0.2, 0) is 4.79 Å². The van der Waals surface area contributed by atoms with E-state index < -0.39 is 11.9 Å². The van der Waals surface area contributed by atoms with Gasteiger partial charge in [0.25, 0.3) is 5.91 Å². The van der Waals surface area contributed by atoms with Gasteiger partial charge >= 0.3 is 5.97 Å². The van der Waals surface area contributed by atoms with Crippen LogP contribution in [0.25, 0.3) is 0 Å². The van der Waals surface area contributed by atoms with Crippen molar-refractivity contribution in [3.05, 3.63) is 29.3 Å². The fourth-order valence-electron chi connectivity index (χ4n) is 2.60. The van der Waals surface area contributed by atoms with E-state index in [0.29, 0.717) is 24.1 Å². The van der Waals surface area contributed by atoms with Gasteiger partial charge in [-0.1, -0.05) is 0 Å². The number of aromatic hydroxyl groups is 1. The van der Waals surface area contributed by atoms with Crippen molar-refractivity contribution < 1.29 is 19.8 Å². The molecule has 19 heavy (non-hydrogen) atoms. The standard InChI is InChI=1S/C14H17NO4/c1-8-7-10(16)3-4-11(8)13(17)15-6-5-12(9(15)2)14(18)19/h3-4,7,9,12,16H,5-6H2,1-2H3,(H,18,19). The van der Waals surface area contributed by atoms with E-state index in [1.807, 2.05) is 0 Å². The molecule has 2 atom stereocenters. The summed E-state index contributed by atoms with van der Waals surface area (Å²) < 4.78 is 0. The zero-order valence-electron chi connectivity index (χ0n) is 11.0. The molecular formula is C14H17NO4. The Morgan fingerprint density at radius 1 is 1.37 bits per heavy atom. The highest BCUT2D eigenvalue weighted by molar-refractivity contribution is 5.96. The molecule has 0 radical (unpaired) electrons. The van der Waals surface area contributed by atoms with Gasteiger partial charge in [-0.05, 0) is 44.0 Å². The van der Waals surface area contributed by atoms with Crippen LogP contribution >= 0.6 is 0 Å². The normalized spacial score (nSPS) is 22.5. The molecule has 0 aliphatic carbocycles. The van der Waals surface area contributed by atoms with E-state index in [4.69, 9.17) is 5.11 Å². The van der Waals surface area contributed by atoms with Gasteiger partial charge in [0, 0.05) is 18.2 Å². The summed E-state index contributed by atoms with van der Waals surface area (Å²) >= 11 is 0. The molecule has 0 bridgehead atoms. The van der Waals surface area contributed by atoms with Crippen LogP contribution in [0.4, 0.5) is 0 Å². The Kier molecular flexibility index (Phi) is 3.46. The number of phenols is 1. The predicted octanol–water partition coefficient (Wildman–Crippen LogP) is 1.64.